The van der Waals surface area contributed by atoms with Gasteiger partial charge in [-0.1, -0.05) is 6.07 Å². The van der Waals surface area contributed by atoms with E-state index < -0.39 is 5.60 Å². The molecule has 2 heterocycles. The molecule has 1 atom stereocenters. The van der Waals surface area contributed by atoms with Crippen LogP contribution in [-0.2, 0) is 4.74 Å². The van der Waals surface area contributed by atoms with E-state index in [0.29, 0.717) is 12.6 Å². The molecule has 0 aromatic carbocycles. The van der Waals surface area contributed by atoms with Gasteiger partial charge in [-0.3, -0.25) is 4.99 Å². The van der Waals surface area contributed by atoms with Crippen LogP contribution >= 0.6 is 24.0 Å². The van der Waals surface area contributed by atoms with Crippen LogP contribution in [0.4, 0.5) is 10.6 Å². The van der Waals surface area contributed by atoms with Gasteiger partial charge in [0.2, 0.25) is 0 Å². The summed E-state index contributed by atoms with van der Waals surface area (Å²) in [5.41, 5.74) is 0.694. The zero-order valence-electron chi connectivity index (χ0n) is 21.4. The first kappa shape index (κ1) is 29.3. The fourth-order valence-electron chi connectivity index (χ4n) is 3.48. The third-order valence-electron chi connectivity index (χ3n) is 5.56. The minimum atomic E-state index is -0.490. The zero-order chi connectivity index (χ0) is 23.7. The summed E-state index contributed by atoms with van der Waals surface area (Å²) in [7, 11) is 1.78. The normalized spacial score (nSPS) is 16.0. The quantitative estimate of drug-likeness (QED) is 0.289. The fourth-order valence-corrected chi connectivity index (χ4v) is 3.48. The summed E-state index contributed by atoms with van der Waals surface area (Å²) < 4.78 is 5.45. The van der Waals surface area contributed by atoms with Crippen LogP contribution in [-0.4, -0.2) is 72.8 Å². The maximum atomic E-state index is 12.2. The van der Waals surface area contributed by atoms with Crippen LogP contribution in [0.3, 0.4) is 0 Å². The fraction of sp³-hybridized carbons (Fsp3) is 0.708. The Kier molecular flexibility index (Phi) is 12.2. The molecule has 1 aliphatic rings. The average molecular weight is 575 g/mol. The van der Waals surface area contributed by atoms with E-state index in [-0.39, 0.29) is 36.1 Å². The number of nitrogens with one attached hydrogen (secondary N) is 2. The molecule has 1 amide bonds. The molecule has 0 aliphatic carbocycles. The molecule has 1 saturated heterocycles. The van der Waals surface area contributed by atoms with Crippen molar-refractivity contribution in [1.82, 2.24) is 20.5 Å². The van der Waals surface area contributed by atoms with E-state index in [2.05, 4.69) is 46.5 Å². The lowest BCUT2D eigenvalue weighted by Gasteiger charge is -2.34. The predicted molar refractivity (Wildman–Crippen MR) is 147 cm³/mol. The van der Waals surface area contributed by atoms with Crippen molar-refractivity contribution in [2.45, 2.75) is 78.5 Å². The first-order valence-electron chi connectivity index (χ1n) is 11.8. The molecule has 0 spiro atoms. The maximum absolute atomic E-state index is 12.2. The highest BCUT2D eigenvalue weighted by atomic mass is 127. The molecule has 2 N–H and O–H groups in total. The van der Waals surface area contributed by atoms with Gasteiger partial charge >= 0.3 is 6.09 Å². The molecule has 1 fully saturated rings. The molecule has 9 heteroatoms. The van der Waals surface area contributed by atoms with Gasteiger partial charge < -0.3 is 25.2 Å². The van der Waals surface area contributed by atoms with Crippen molar-refractivity contribution in [3.63, 3.8) is 0 Å². The number of aliphatic imine (C=N–C) groups is 1. The third-order valence-corrected chi connectivity index (χ3v) is 5.56. The molecule has 8 nitrogen and oxygen atoms in total. The Labute approximate surface area is 217 Å². The summed E-state index contributed by atoms with van der Waals surface area (Å²) in [6, 6.07) is 4.64. The van der Waals surface area contributed by atoms with Crippen molar-refractivity contribution in [3.8, 4) is 0 Å². The average Bonchev–Trinajstić information content (AvgIpc) is 2.73. The van der Waals surface area contributed by atoms with Gasteiger partial charge in [0.15, 0.2) is 5.96 Å². The molecule has 0 bridgehead atoms. The Bertz CT molecular complexity index is 742. The van der Waals surface area contributed by atoms with Crippen molar-refractivity contribution >= 4 is 41.8 Å². The van der Waals surface area contributed by atoms with Gasteiger partial charge in [0, 0.05) is 51.5 Å². The number of amides is 1. The lowest BCUT2D eigenvalue weighted by atomic mass is 10.1. The Balaban J connectivity index is 0.00000544. The summed E-state index contributed by atoms with van der Waals surface area (Å²) in [4.78, 5) is 25.5. The molecule has 33 heavy (non-hydrogen) atoms. The molecule has 0 saturated carbocycles. The molecule has 1 aromatic rings. The molecular weight excluding hydrogens is 531 g/mol. The molecule has 2 rings (SSSR count). The number of aromatic nitrogens is 1. The number of carbonyl (C=O) groups excluding carboxylic acids is 1. The number of pyridine rings is 1. The molecular formula is C24H43IN6O2. The minimum absolute atomic E-state index is 0. The molecule has 0 radical (unpaired) electrons. The second-order valence-electron chi connectivity index (χ2n) is 9.59. The van der Waals surface area contributed by atoms with Crippen molar-refractivity contribution < 1.29 is 9.53 Å². The number of piperidine rings is 1. The summed E-state index contributed by atoms with van der Waals surface area (Å²) in [5.74, 6) is 1.89. The van der Waals surface area contributed by atoms with E-state index in [0.717, 1.165) is 50.7 Å². The number of aryl methyl sites for hydroxylation is 1. The van der Waals surface area contributed by atoms with Crippen LogP contribution < -0.4 is 15.5 Å². The molecule has 1 aliphatic heterocycles. The topological polar surface area (TPSA) is 82.1 Å². The molecule has 188 valence electrons. The largest absolute Gasteiger partial charge is 0.444 e. The van der Waals surface area contributed by atoms with E-state index in [1.54, 1.807) is 11.9 Å². The molecule has 1 aromatic heterocycles. The van der Waals surface area contributed by atoms with E-state index >= 15 is 0 Å². The van der Waals surface area contributed by atoms with Crippen LogP contribution in [0.2, 0.25) is 0 Å². The first-order valence-corrected chi connectivity index (χ1v) is 11.8. The van der Waals surface area contributed by atoms with Crippen molar-refractivity contribution in [3.05, 3.63) is 23.9 Å². The van der Waals surface area contributed by atoms with Gasteiger partial charge in [-0.15, -0.1) is 24.0 Å². The smallest absolute Gasteiger partial charge is 0.410 e. The van der Waals surface area contributed by atoms with Crippen LogP contribution in [0.25, 0.3) is 0 Å². The second kappa shape index (κ2) is 13.8. The standard InChI is InChI=1S/C24H42N6O2.HI/c1-8-25-22(26-14-11-19(3)29(7)23(31)32-24(4,5)6)28-20-12-15-30(16-13-20)21-10-9-18(2)17-27-21;/h9-10,17,19-20H,8,11-16H2,1-7H3,(H2,25,26,28);1H. The van der Waals surface area contributed by atoms with Gasteiger partial charge in [-0.2, -0.15) is 0 Å². The Morgan fingerprint density at radius 3 is 2.55 bits per heavy atom. The number of guanidine groups is 1. The van der Waals surface area contributed by atoms with Crippen LogP contribution in [0.5, 0.6) is 0 Å². The Hall–Kier alpha value is -1.78. The predicted octanol–water partition coefficient (Wildman–Crippen LogP) is 4.18. The van der Waals surface area contributed by atoms with Gasteiger partial charge in [0.25, 0.3) is 0 Å². The maximum Gasteiger partial charge on any atom is 0.410 e. The number of nitrogens with zero attached hydrogens (tertiary/aromatic N) is 4. The Morgan fingerprint density at radius 1 is 1.33 bits per heavy atom. The summed E-state index contributed by atoms with van der Waals surface area (Å²) in [6.07, 6.45) is 4.48. The third kappa shape index (κ3) is 10.4. The van der Waals surface area contributed by atoms with E-state index in [4.69, 9.17) is 9.73 Å². The van der Waals surface area contributed by atoms with E-state index in [1.165, 1.54) is 5.56 Å². The lowest BCUT2D eigenvalue weighted by molar-refractivity contribution is 0.0231. The van der Waals surface area contributed by atoms with E-state index in [1.807, 2.05) is 33.9 Å². The van der Waals surface area contributed by atoms with Crippen molar-refractivity contribution in [2.24, 2.45) is 4.99 Å². The van der Waals surface area contributed by atoms with Crippen molar-refractivity contribution in [2.75, 3.05) is 38.1 Å². The van der Waals surface area contributed by atoms with Gasteiger partial charge in [0.1, 0.15) is 11.4 Å². The summed E-state index contributed by atoms with van der Waals surface area (Å²) in [5, 5.41) is 6.92. The summed E-state index contributed by atoms with van der Waals surface area (Å²) in [6.45, 7) is 15.2. The number of anilines is 1. The van der Waals surface area contributed by atoms with Crippen LogP contribution in [0.15, 0.2) is 23.3 Å². The number of rotatable bonds is 7. The number of ether oxygens (including phenoxy) is 1. The van der Waals surface area contributed by atoms with Crippen LogP contribution in [0.1, 0.15) is 59.4 Å². The first-order chi connectivity index (χ1) is 15.1. The highest BCUT2D eigenvalue weighted by Gasteiger charge is 2.23. The minimum Gasteiger partial charge on any atom is -0.444 e. The van der Waals surface area contributed by atoms with Crippen LogP contribution in [0, 0.1) is 6.92 Å². The SMILES string of the molecule is CCNC(=NCCC(C)N(C)C(=O)OC(C)(C)C)NC1CCN(c2ccc(C)cn2)CC1.I. The number of halogens is 1. The highest BCUT2D eigenvalue weighted by Crippen LogP contribution is 2.18. The summed E-state index contributed by atoms with van der Waals surface area (Å²) >= 11 is 0. The number of hydrogen-bond donors (Lipinski definition) is 2. The highest BCUT2D eigenvalue weighted by molar-refractivity contribution is 14.0. The number of carbonyl (C=O) groups is 1. The monoisotopic (exact) mass is 574 g/mol. The zero-order valence-corrected chi connectivity index (χ0v) is 23.7. The molecule has 1 unspecified atom stereocenters. The van der Waals surface area contributed by atoms with Gasteiger partial charge in [-0.25, -0.2) is 9.78 Å². The van der Waals surface area contributed by atoms with Gasteiger partial charge in [-0.05, 0) is 72.4 Å². The lowest BCUT2D eigenvalue weighted by Crippen LogP contribution is -2.49. The van der Waals surface area contributed by atoms with Gasteiger partial charge in [0.05, 0.1) is 0 Å². The van der Waals surface area contributed by atoms with E-state index in [9.17, 15) is 4.79 Å². The van der Waals surface area contributed by atoms with Crippen molar-refractivity contribution in [1.29, 1.82) is 0 Å². The number of hydrogen-bond acceptors (Lipinski definition) is 5. The Morgan fingerprint density at radius 2 is 2.00 bits per heavy atom. The second-order valence-corrected chi connectivity index (χ2v) is 9.59.